The second kappa shape index (κ2) is 4.88. The molecule has 98 valence electrons. The van der Waals surface area contributed by atoms with Gasteiger partial charge >= 0.3 is 0 Å². The Morgan fingerprint density at radius 2 is 1.55 bits per heavy atom. The van der Waals surface area contributed by atoms with E-state index < -0.39 is 0 Å². The lowest BCUT2D eigenvalue weighted by Gasteiger charge is -2.36. The molecule has 2 aliphatic rings. The van der Waals surface area contributed by atoms with Crippen LogP contribution in [0.1, 0.15) is 12.8 Å². The van der Waals surface area contributed by atoms with Crippen LogP contribution in [0.3, 0.4) is 0 Å². The van der Waals surface area contributed by atoms with Crippen LogP contribution >= 0.6 is 11.8 Å². The fourth-order valence-electron chi connectivity index (χ4n) is 2.77. The van der Waals surface area contributed by atoms with Crippen LogP contribution in [-0.2, 0) is 0 Å². The van der Waals surface area contributed by atoms with Gasteiger partial charge < -0.3 is 4.90 Å². The Labute approximate surface area is 123 Å². The van der Waals surface area contributed by atoms with Gasteiger partial charge in [-0.1, -0.05) is 54.2 Å². The second-order valence-electron chi connectivity index (χ2n) is 4.98. The van der Waals surface area contributed by atoms with Crippen molar-refractivity contribution in [3.63, 3.8) is 0 Å². The van der Waals surface area contributed by atoms with Gasteiger partial charge in [-0.25, -0.2) is 0 Å². The zero-order chi connectivity index (χ0) is 13.4. The zero-order valence-electron chi connectivity index (χ0n) is 11.1. The molecule has 20 heavy (non-hydrogen) atoms. The van der Waals surface area contributed by atoms with Gasteiger partial charge in [-0.2, -0.15) is 0 Å². The highest BCUT2D eigenvalue weighted by Gasteiger charge is 2.27. The van der Waals surface area contributed by atoms with Crippen LogP contribution in [-0.4, -0.2) is 0 Å². The zero-order valence-corrected chi connectivity index (χ0v) is 11.9. The Bertz CT molecular complexity index is 700. The Kier molecular flexibility index (Phi) is 2.89. The third kappa shape index (κ3) is 1.88. The summed E-state index contributed by atoms with van der Waals surface area (Å²) in [6.45, 7) is 0. The lowest BCUT2D eigenvalue weighted by Crippen LogP contribution is -2.22. The van der Waals surface area contributed by atoms with E-state index in [1.165, 1.54) is 26.9 Å². The number of benzene rings is 2. The standard InChI is InChI=1S/C18H15NS/c1-2-8-14(9-3-1)19-15-10-4-6-12-17(15)20-18-13-7-5-11-16(18)19/h1-4,6,8-13H,5,7H2. The SMILES string of the molecule is C1=C2Sc3ccccc3N(c3ccccc3)C2=CCC1. The lowest BCUT2D eigenvalue weighted by atomic mass is 10.1. The van der Waals surface area contributed by atoms with E-state index in [-0.39, 0.29) is 0 Å². The van der Waals surface area contributed by atoms with Crippen LogP contribution in [0.4, 0.5) is 11.4 Å². The largest absolute Gasteiger partial charge is 0.309 e. The van der Waals surface area contributed by atoms with E-state index in [0.717, 1.165) is 12.8 Å². The first-order chi connectivity index (χ1) is 9.93. The minimum absolute atomic E-state index is 1.13. The van der Waals surface area contributed by atoms with Crippen LogP contribution in [0.25, 0.3) is 0 Å². The van der Waals surface area contributed by atoms with Crippen LogP contribution in [0.15, 0.2) is 82.2 Å². The number of hydrogen-bond donors (Lipinski definition) is 0. The number of rotatable bonds is 1. The average molecular weight is 277 g/mol. The summed E-state index contributed by atoms with van der Waals surface area (Å²) >= 11 is 1.89. The number of allylic oxidation sites excluding steroid dienone is 2. The van der Waals surface area contributed by atoms with Gasteiger partial charge in [-0.15, -0.1) is 0 Å². The van der Waals surface area contributed by atoms with Crippen molar-refractivity contribution in [1.82, 2.24) is 0 Å². The predicted molar refractivity (Wildman–Crippen MR) is 86.3 cm³/mol. The van der Waals surface area contributed by atoms with E-state index >= 15 is 0 Å². The summed E-state index contributed by atoms with van der Waals surface area (Å²) in [5, 5.41) is 0. The Hall–Kier alpha value is -1.93. The summed E-state index contributed by atoms with van der Waals surface area (Å²) in [5.41, 5.74) is 3.86. The first-order valence-corrected chi connectivity index (χ1v) is 7.78. The molecule has 2 heteroatoms. The van der Waals surface area contributed by atoms with E-state index in [1.807, 2.05) is 11.8 Å². The number of fused-ring (bicyclic) bond motifs is 2. The van der Waals surface area contributed by atoms with E-state index in [1.54, 1.807) is 0 Å². The first kappa shape index (κ1) is 11.9. The molecule has 0 fully saturated rings. The minimum Gasteiger partial charge on any atom is -0.309 e. The smallest absolute Gasteiger partial charge is 0.0601 e. The Balaban J connectivity index is 1.94. The van der Waals surface area contributed by atoms with Crippen LogP contribution in [0, 0.1) is 0 Å². The average Bonchev–Trinajstić information content (AvgIpc) is 2.53. The summed E-state index contributed by atoms with van der Waals surface area (Å²) in [6.07, 6.45) is 7.01. The highest BCUT2D eigenvalue weighted by Crippen LogP contribution is 2.50. The van der Waals surface area contributed by atoms with Gasteiger partial charge in [0.25, 0.3) is 0 Å². The number of anilines is 2. The van der Waals surface area contributed by atoms with E-state index in [4.69, 9.17) is 0 Å². The van der Waals surface area contributed by atoms with Gasteiger partial charge in [0.05, 0.1) is 11.4 Å². The molecule has 0 unspecified atom stereocenters. The molecule has 1 nitrogen and oxygen atoms in total. The summed E-state index contributed by atoms with van der Waals surface area (Å²) in [4.78, 5) is 5.11. The second-order valence-corrected chi connectivity index (χ2v) is 6.06. The van der Waals surface area contributed by atoms with Crippen molar-refractivity contribution in [2.75, 3.05) is 4.90 Å². The summed E-state index contributed by atoms with van der Waals surface area (Å²) in [7, 11) is 0. The van der Waals surface area contributed by atoms with Crippen LogP contribution in [0.2, 0.25) is 0 Å². The molecule has 2 aromatic rings. The van der Waals surface area contributed by atoms with Gasteiger partial charge in [0, 0.05) is 15.5 Å². The van der Waals surface area contributed by atoms with Gasteiger partial charge in [-0.3, -0.25) is 0 Å². The topological polar surface area (TPSA) is 3.24 Å². The van der Waals surface area contributed by atoms with Crippen molar-refractivity contribution in [1.29, 1.82) is 0 Å². The number of nitrogens with zero attached hydrogens (tertiary/aromatic N) is 1. The van der Waals surface area contributed by atoms with Crippen molar-refractivity contribution in [2.24, 2.45) is 0 Å². The molecule has 0 bridgehead atoms. The van der Waals surface area contributed by atoms with Crippen molar-refractivity contribution in [3.05, 3.63) is 77.4 Å². The van der Waals surface area contributed by atoms with Crippen molar-refractivity contribution in [2.45, 2.75) is 17.7 Å². The summed E-state index contributed by atoms with van der Waals surface area (Å²) < 4.78 is 0. The lowest BCUT2D eigenvalue weighted by molar-refractivity contribution is 0.982. The highest BCUT2D eigenvalue weighted by atomic mass is 32.2. The summed E-state index contributed by atoms with van der Waals surface area (Å²) in [5.74, 6) is 0. The molecule has 0 saturated carbocycles. The molecule has 1 aliphatic carbocycles. The van der Waals surface area contributed by atoms with Gasteiger partial charge in [0.2, 0.25) is 0 Å². The maximum atomic E-state index is 2.39. The maximum Gasteiger partial charge on any atom is 0.0601 e. The Morgan fingerprint density at radius 3 is 2.45 bits per heavy atom. The number of hydrogen-bond acceptors (Lipinski definition) is 2. The van der Waals surface area contributed by atoms with Gasteiger partial charge in [0.15, 0.2) is 0 Å². The van der Waals surface area contributed by atoms with Crippen molar-refractivity contribution < 1.29 is 0 Å². The van der Waals surface area contributed by atoms with Crippen molar-refractivity contribution >= 4 is 23.1 Å². The summed E-state index contributed by atoms with van der Waals surface area (Å²) in [6, 6.07) is 19.3. The molecular formula is C18H15NS. The van der Waals surface area contributed by atoms with Gasteiger partial charge in [-0.05, 0) is 37.1 Å². The fourth-order valence-corrected chi connectivity index (χ4v) is 3.89. The maximum absolute atomic E-state index is 2.39. The molecule has 4 rings (SSSR count). The van der Waals surface area contributed by atoms with E-state index in [9.17, 15) is 0 Å². The molecule has 0 aromatic heterocycles. The third-order valence-electron chi connectivity index (χ3n) is 3.67. The first-order valence-electron chi connectivity index (χ1n) is 6.96. The number of thioether (sulfide) groups is 1. The Morgan fingerprint density at radius 1 is 0.800 bits per heavy atom. The molecule has 0 amide bonds. The molecule has 0 atom stereocenters. The third-order valence-corrected chi connectivity index (χ3v) is 4.83. The highest BCUT2D eigenvalue weighted by molar-refractivity contribution is 8.03. The molecule has 1 aliphatic heterocycles. The fraction of sp³-hybridized carbons (Fsp3) is 0.111. The molecular weight excluding hydrogens is 262 g/mol. The molecule has 0 N–H and O–H groups in total. The monoisotopic (exact) mass is 277 g/mol. The van der Waals surface area contributed by atoms with Crippen molar-refractivity contribution in [3.8, 4) is 0 Å². The van der Waals surface area contributed by atoms with E-state index in [0.29, 0.717) is 0 Å². The molecule has 2 aromatic carbocycles. The number of para-hydroxylation sites is 2. The quantitative estimate of drug-likeness (QED) is 0.678. The molecule has 0 spiro atoms. The van der Waals surface area contributed by atoms with E-state index in [2.05, 4.69) is 71.6 Å². The van der Waals surface area contributed by atoms with Gasteiger partial charge in [0.1, 0.15) is 0 Å². The van der Waals surface area contributed by atoms with Crippen LogP contribution in [0.5, 0.6) is 0 Å². The molecule has 0 saturated heterocycles. The predicted octanol–water partition coefficient (Wildman–Crippen LogP) is 5.49. The normalized spacial score (nSPS) is 16.9. The minimum atomic E-state index is 1.13. The van der Waals surface area contributed by atoms with Crippen LogP contribution < -0.4 is 4.90 Å². The molecule has 0 radical (unpaired) electrons. The molecule has 1 heterocycles.